The smallest absolute Gasteiger partial charge is 0.339 e. The first-order chi connectivity index (χ1) is 6.86. The van der Waals surface area contributed by atoms with Crippen molar-refractivity contribution in [2.24, 2.45) is 4.99 Å². The summed E-state index contributed by atoms with van der Waals surface area (Å²) >= 11 is 0. The fraction of sp³-hybridized carbons (Fsp3) is 0.200. The number of aliphatic imine (C=N–C) groups is 1. The van der Waals surface area contributed by atoms with E-state index in [9.17, 15) is 4.79 Å². The van der Waals surface area contributed by atoms with Crippen LogP contribution in [0.3, 0.4) is 0 Å². The largest absolute Gasteiger partial charge is 0.481 e. The molecule has 1 unspecified atom stereocenters. The van der Waals surface area contributed by atoms with E-state index < -0.39 is 6.04 Å². The molecular formula is C10H9NO3. The van der Waals surface area contributed by atoms with Gasteiger partial charge < -0.3 is 9.47 Å². The molecule has 0 N–H and O–H groups in total. The molecule has 0 aliphatic carbocycles. The van der Waals surface area contributed by atoms with E-state index in [0.717, 1.165) is 0 Å². The standard InChI is InChI=1S/C10H9NO3/c12-10(9-6-13-7-11-9)14-8-4-2-1-3-5-8/h1-5,7,9H,6H2. The average molecular weight is 191 g/mol. The van der Waals surface area contributed by atoms with E-state index in [1.54, 1.807) is 24.3 Å². The van der Waals surface area contributed by atoms with Gasteiger partial charge in [-0.25, -0.2) is 9.79 Å². The second kappa shape index (κ2) is 3.91. The zero-order valence-electron chi connectivity index (χ0n) is 7.42. The predicted molar refractivity (Wildman–Crippen MR) is 50.3 cm³/mol. The summed E-state index contributed by atoms with van der Waals surface area (Å²) in [5.74, 6) is 0.143. The third-order valence-corrected chi connectivity index (χ3v) is 1.80. The minimum absolute atomic E-state index is 0.270. The highest BCUT2D eigenvalue weighted by Crippen LogP contribution is 2.11. The molecule has 1 heterocycles. The maximum Gasteiger partial charge on any atom is 0.339 e. The van der Waals surface area contributed by atoms with Crippen LogP contribution in [0.25, 0.3) is 0 Å². The summed E-state index contributed by atoms with van der Waals surface area (Å²) in [7, 11) is 0. The number of hydrogen-bond donors (Lipinski definition) is 0. The van der Waals surface area contributed by atoms with Crippen molar-refractivity contribution in [2.75, 3.05) is 6.61 Å². The summed E-state index contributed by atoms with van der Waals surface area (Å²) in [6, 6.07) is 8.38. The van der Waals surface area contributed by atoms with Crippen LogP contribution in [-0.4, -0.2) is 25.0 Å². The second-order valence-corrected chi connectivity index (χ2v) is 2.84. The van der Waals surface area contributed by atoms with Crippen molar-refractivity contribution in [1.29, 1.82) is 0 Å². The van der Waals surface area contributed by atoms with Gasteiger partial charge in [-0.3, -0.25) is 0 Å². The van der Waals surface area contributed by atoms with E-state index in [0.29, 0.717) is 5.75 Å². The number of esters is 1. The van der Waals surface area contributed by atoms with E-state index in [2.05, 4.69) is 4.99 Å². The molecule has 0 saturated carbocycles. The van der Waals surface area contributed by atoms with Gasteiger partial charge in [-0.2, -0.15) is 0 Å². The van der Waals surface area contributed by atoms with E-state index in [1.165, 1.54) is 6.40 Å². The van der Waals surface area contributed by atoms with Gasteiger partial charge in [0.05, 0.1) is 0 Å². The monoisotopic (exact) mass is 191 g/mol. The molecule has 0 bridgehead atoms. The fourth-order valence-corrected chi connectivity index (χ4v) is 1.10. The van der Waals surface area contributed by atoms with Gasteiger partial charge in [0.15, 0.2) is 12.4 Å². The van der Waals surface area contributed by atoms with E-state index in [4.69, 9.17) is 9.47 Å². The Morgan fingerprint density at radius 3 is 2.86 bits per heavy atom. The van der Waals surface area contributed by atoms with Gasteiger partial charge in [0.25, 0.3) is 0 Å². The lowest BCUT2D eigenvalue weighted by Gasteiger charge is -2.05. The molecule has 1 aliphatic rings. The van der Waals surface area contributed by atoms with Crippen LogP contribution in [0.4, 0.5) is 0 Å². The van der Waals surface area contributed by atoms with Gasteiger partial charge in [-0.1, -0.05) is 18.2 Å². The number of rotatable bonds is 2. The molecule has 0 spiro atoms. The number of hydrogen-bond acceptors (Lipinski definition) is 4. The van der Waals surface area contributed by atoms with Crippen molar-refractivity contribution >= 4 is 12.4 Å². The lowest BCUT2D eigenvalue weighted by atomic mass is 10.3. The zero-order chi connectivity index (χ0) is 9.80. The maximum absolute atomic E-state index is 11.4. The first kappa shape index (κ1) is 8.74. The van der Waals surface area contributed by atoms with Crippen molar-refractivity contribution in [3.8, 4) is 5.75 Å². The van der Waals surface area contributed by atoms with Gasteiger partial charge in [0.2, 0.25) is 0 Å². The number of benzene rings is 1. The molecule has 0 saturated heterocycles. The normalized spacial score (nSPS) is 19.0. The van der Waals surface area contributed by atoms with Crippen LogP contribution in [-0.2, 0) is 9.53 Å². The van der Waals surface area contributed by atoms with Gasteiger partial charge in [0, 0.05) is 0 Å². The van der Waals surface area contributed by atoms with E-state index >= 15 is 0 Å². The summed E-state index contributed by atoms with van der Waals surface area (Å²) in [5.41, 5.74) is 0. The van der Waals surface area contributed by atoms with Crippen molar-refractivity contribution in [3.63, 3.8) is 0 Å². The molecule has 1 aliphatic heterocycles. The highest BCUT2D eigenvalue weighted by Gasteiger charge is 2.22. The van der Waals surface area contributed by atoms with Crippen LogP contribution >= 0.6 is 0 Å². The molecule has 4 heteroatoms. The Labute approximate surface area is 81.2 Å². The number of ether oxygens (including phenoxy) is 2. The molecule has 0 radical (unpaired) electrons. The molecular weight excluding hydrogens is 182 g/mol. The average Bonchev–Trinajstić information content (AvgIpc) is 2.72. The van der Waals surface area contributed by atoms with Crippen LogP contribution < -0.4 is 4.74 Å². The highest BCUT2D eigenvalue weighted by atomic mass is 16.5. The van der Waals surface area contributed by atoms with Crippen molar-refractivity contribution < 1.29 is 14.3 Å². The topological polar surface area (TPSA) is 47.9 Å². The van der Waals surface area contributed by atoms with E-state index in [-0.39, 0.29) is 12.6 Å². The Bertz CT molecular complexity index is 348. The fourth-order valence-electron chi connectivity index (χ4n) is 1.10. The highest BCUT2D eigenvalue weighted by molar-refractivity contribution is 5.80. The Hall–Kier alpha value is -1.84. The summed E-state index contributed by atoms with van der Waals surface area (Å²) in [4.78, 5) is 15.2. The molecule has 2 rings (SSSR count). The molecule has 0 amide bonds. The predicted octanol–water partition coefficient (Wildman–Crippen LogP) is 1.02. The van der Waals surface area contributed by atoms with Gasteiger partial charge in [-0.15, -0.1) is 0 Å². The summed E-state index contributed by atoms with van der Waals surface area (Å²) in [5, 5.41) is 0. The van der Waals surface area contributed by atoms with Crippen LogP contribution in [0.2, 0.25) is 0 Å². The molecule has 1 aromatic rings. The summed E-state index contributed by atoms with van der Waals surface area (Å²) in [6.45, 7) is 0.270. The van der Waals surface area contributed by atoms with Crippen LogP contribution in [0.15, 0.2) is 35.3 Å². The summed E-state index contributed by atoms with van der Waals surface area (Å²) in [6.07, 6.45) is 1.27. The van der Waals surface area contributed by atoms with Crippen LogP contribution in [0, 0.1) is 0 Å². The minimum atomic E-state index is -0.518. The first-order valence-electron chi connectivity index (χ1n) is 4.26. The minimum Gasteiger partial charge on any atom is -0.481 e. The van der Waals surface area contributed by atoms with Crippen LogP contribution in [0.1, 0.15) is 0 Å². The lowest BCUT2D eigenvalue weighted by Crippen LogP contribution is -2.25. The quantitative estimate of drug-likeness (QED) is 0.518. The molecule has 4 nitrogen and oxygen atoms in total. The molecule has 0 aromatic heterocycles. The Kier molecular flexibility index (Phi) is 2.44. The first-order valence-corrected chi connectivity index (χ1v) is 4.26. The van der Waals surface area contributed by atoms with Crippen molar-refractivity contribution in [1.82, 2.24) is 0 Å². The maximum atomic E-state index is 11.4. The number of carbonyl (C=O) groups excluding carboxylic acids is 1. The zero-order valence-corrected chi connectivity index (χ0v) is 7.42. The second-order valence-electron chi connectivity index (χ2n) is 2.84. The third kappa shape index (κ3) is 1.90. The van der Waals surface area contributed by atoms with Crippen molar-refractivity contribution in [3.05, 3.63) is 30.3 Å². The Morgan fingerprint density at radius 2 is 2.21 bits per heavy atom. The SMILES string of the molecule is O=C(Oc1ccccc1)C1COC=N1. The number of nitrogens with zero attached hydrogens (tertiary/aromatic N) is 1. The van der Waals surface area contributed by atoms with Gasteiger partial charge in [-0.05, 0) is 12.1 Å². The Balaban J connectivity index is 1.98. The number of para-hydroxylation sites is 1. The van der Waals surface area contributed by atoms with Gasteiger partial charge in [0.1, 0.15) is 12.4 Å². The molecule has 1 aromatic carbocycles. The third-order valence-electron chi connectivity index (χ3n) is 1.80. The molecule has 0 fully saturated rings. The van der Waals surface area contributed by atoms with Crippen molar-refractivity contribution in [2.45, 2.75) is 6.04 Å². The molecule has 14 heavy (non-hydrogen) atoms. The molecule has 1 atom stereocenters. The summed E-state index contributed by atoms with van der Waals surface area (Å²) < 4.78 is 9.89. The Morgan fingerprint density at radius 1 is 1.43 bits per heavy atom. The number of carbonyl (C=O) groups is 1. The van der Waals surface area contributed by atoms with E-state index in [1.807, 2.05) is 6.07 Å². The molecule has 72 valence electrons. The van der Waals surface area contributed by atoms with Gasteiger partial charge >= 0.3 is 5.97 Å². The van der Waals surface area contributed by atoms with Crippen LogP contribution in [0.5, 0.6) is 5.75 Å². The lowest BCUT2D eigenvalue weighted by molar-refractivity contribution is -0.136.